The predicted molar refractivity (Wildman–Crippen MR) is 73.4 cm³/mol. The van der Waals surface area contributed by atoms with Gasteiger partial charge in [-0.15, -0.1) is 0 Å². The SMILES string of the molecule is Cc1ccc(C)c(C2(CN)CCN(C)CC2)c1. The maximum Gasteiger partial charge on any atom is 0.0102 e. The van der Waals surface area contributed by atoms with Gasteiger partial charge in [0.15, 0.2) is 0 Å². The third-order valence-corrected chi connectivity index (χ3v) is 4.30. The number of nitrogens with zero attached hydrogens (tertiary/aromatic N) is 1. The Morgan fingerprint density at radius 2 is 1.88 bits per heavy atom. The van der Waals surface area contributed by atoms with Crippen LogP contribution in [-0.2, 0) is 5.41 Å². The zero-order chi connectivity index (χ0) is 12.5. The van der Waals surface area contributed by atoms with Gasteiger partial charge in [-0.1, -0.05) is 23.8 Å². The van der Waals surface area contributed by atoms with E-state index >= 15 is 0 Å². The summed E-state index contributed by atoms with van der Waals surface area (Å²) in [5.74, 6) is 0. The predicted octanol–water partition coefficient (Wildman–Crippen LogP) is 2.23. The molecular formula is C15H24N2. The minimum Gasteiger partial charge on any atom is -0.330 e. The van der Waals surface area contributed by atoms with Gasteiger partial charge in [0.1, 0.15) is 0 Å². The van der Waals surface area contributed by atoms with Crippen LogP contribution < -0.4 is 5.73 Å². The fraction of sp³-hybridized carbons (Fsp3) is 0.600. The van der Waals surface area contributed by atoms with Gasteiger partial charge in [0.05, 0.1) is 0 Å². The number of rotatable bonds is 2. The van der Waals surface area contributed by atoms with Crippen LogP contribution in [0.5, 0.6) is 0 Å². The number of likely N-dealkylation sites (tertiary alicyclic amines) is 1. The monoisotopic (exact) mass is 232 g/mol. The van der Waals surface area contributed by atoms with E-state index in [4.69, 9.17) is 5.73 Å². The molecule has 94 valence electrons. The Balaban J connectivity index is 2.37. The van der Waals surface area contributed by atoms with Crippen molar-refractivity contribution >= 4 is 0 Å². The highest BCUT2D eigenvalue weighted by molar-refractivity contribution is 5.37. The van der Waals surface area contributed by atoms with E-state index in [2.05, 4.69) is 44.0 Å². The summed E-state index contributed by atoms with van der Waals surface area (Å²) >= 11 is 0. The molecule has 2 rings (SSSR count). The van der Waals surface area contributed by atoms with Gasteiger partial charge in [0, 0.05) is 12.0 Å². The van der Waals surface area contributed by atoms with Crippen LogP contribution in [0.1, 0.15) is 29.5 Å². The van der Waals surface area contributed by atoms with Gasteiger partial charge in [0.2, 0.25) is 0 Å². The summed E-state index contributed by atoms with van der Waals surface area (Å²) in [5, 5.41) is 0. The maximum absolute atomic E-state index is 6.12. The van der Waals surface area contributed by atoms with E-state index in [9.17, 15) is 0 Å². The molecule has 0 radical (unpaired) electrons. The minimum atomic E-state index is 0.211. The first-order valence-corrected chi connectivity index (χ1v) is 6.54. The third kappa shape index (κ3) is 2.38. The van der Waals surface area contributed by atoms with Crippen molar-refractivity contribution in [2.24, 2.45) is 5.73 Å². The molecule has 1 fully saturated rings. The van der Waals surface area contributed by atoms with E-state index < -0.39 is 0 Å². The Morgan fingerprint density at radius 3 is 2.47 bits per heavy atom. The van der Waals surface area contributed by atoms with Crippen molar-refractivity contribution in [3.05, 3.63) is 34.9 Å². The zero-order valence-electron chi connectivity index (χ0n) is 11.3. The standard InChI is InChI=1S/C15H24N2/c1-12-4-5-13(2)14(10-12)15(11-16)6-8-17(3)9-7-15/h4-5,10H,6-9,11,16H2,1-3H3. The number of benzene rings is 1. The Bertz CT molecular complexity index is 390. The maximum atomic E-state index is 6.12. The smallest absolute Gasteiger partial charge is 0.0102 e. The highest BCUT2D eigenvalue weighted by atomic mass is 15.1. The fourth-order valence-electron chi connectivity index (χ4n) is 2.94. The minimum absolute atomic E-state index is 0.211. The summed E-state index contributed by atoms with van der Waals surface area (Å²) in [6, 6.07) is 6.77. The molecule has 0 atom stereocenters. The molecule has 0 unspecified atom stereocenters. The van der Waals surface area contributed by atoms with Crippen molar-refractivity contribution in [1.29, 1.82) is 0 Å². The van der Waals surface area contributed by atoms with Crippen LogP contribution in [0.25, 0.3) is 0 Å². The van der Waals surface area contributed by atoms with E-state index in [1.54, 1.807) is 0 Å². The average molecular weight is 232 g/mol. The second kappa shape index (κ2) is 4.79. The number of hydrogen-bond acceptors (Lipinski definition) is 2. The molecule has 0 amide bonds. The van der Waals surface area contributed by atoms with Crippen molar-refractivity contribution in [2.75, 3.05) is 26.7 Å². The first kappa shape index (κ1) is 12.6. The molecule has 1 heterocycles. The molecule has 1 saturated heterocycles. The van der Waals surface area contributed by atoms with E-state index in [0.717, 1.165) is 19.6 Å². The quantitative estimate of drug-likeness (QED) is 0.847. The van der Waals surface area contributed by atoms with Gasteiger partial charge in [0.25, 0.3) is 0 Å². The summed E-state index contributed by atoms with van der Waals surface area (Å²) in [6.45, 7) is 7.47. The lowest BCUT2D eigenvalue weighted by atomic mass is 9.71. The first-order valence-electron chi connectivity index (χ1n) is 6.54. The van der Waals surface area contributed by atoms with Crippen LogP contribution in [0.2, 0.25) is 0 Å². The average Bonchev–Trinajstić information content (AvgIpc) is 2.34. The Labute approximate surface area is 105 Å². The van der Waals surface area contributed by atoms with Gasteiger partial charge in [-0.2, -0.15) is 0 Å². The summed E-state index contributed by atoms with van der Waals surface area (Å²) in [4.78, 5) is 2.40. The lowest BCUT2D eigenvalue weighted by Crippen LogP contribution is -2.45. The molecule has 0 aliphatic carbocycles. The molecule has 1 aromatic carbocycles. The van der Waals surface area contributed by atoms with E-state index in [1.165, 1.54) is 29.5 Å². The second-order valence-corrected chi connectivity index (χ2v) is 5.61. The molecule has 1 aliphatic rings. The van der Waals surface area contributed by atoms with Crippen LogP contribution in [-0.4, -0.2) is 31.6 Å². The Kier molecular flexibility index (Phi) is 3.55. The van der Waals surface area contributed by atoms with Crippen molar-refractivity contribution in [2.45, 2.75) is 32.1 Å². The molecule has 17 heavy (non-hydrogen) atoms. The van der Waals surface area contributed by atoms with Gasteiger partial charge in [-0.3, -0.25) is 0 Å². The van der Waals surface area contributed by atoms with Gasteiger partial charge < -0.3 is 10.6 Å². The molecule has 2 heteroatoms. The van der Waals surface area contributed by atoms with Gasteiger partial charge >= 0.3 is 0 Å². The van der Waals surface area contributed by atoms with E-state index in [0.29, 0.717) is 0 Å². The summed E-state index contributed by atoms with van der Waals surface area (Å²) in [5.41, 5.74) is 10.5. The van der Waals surface area contributed by atoms with Crippen LogP contribution in [0.4, 0.5) is 0 Å². The number of piperidine rings is 1. The van der Waals surface area contributed by atoms with Gasteiger partial charge in [-0.25, -0.2) is 0 Å². The molecule has 2 nitrogen and oxygen atoms in total. The van der Waals surface area contributed by atoms with Gasteiger partial charge in [-0.05, 0) is 58.0 Å². The lowest BCUT2D eigenvalue weighted by molar-refractivity contribution is 0.191. The number of nitrogens with two attached hydrogens (primary N) is 1. The molecule has 0 saturated carbocycles. The fourth-order valence-corrected chi connectivity index (χ4v) is 2.94. The zero-order valence-corrected chi connectivity index (χ0v) is 11.3. The van der Waals surface area contributed by atoms with Crippen molar-refractivity contribution in [3.8, 4) is 0 Å². The summed E-state index contributed by atoms with van der Waals surface area (Å²) in [6.07, 6.45) is 2.37. The second-order valence-electron chi connectivity index (χ2n) is 5.61. The molecule has 1 aromatic rings. The van der Waals surface area contributed by atoms with Crippen LogP contribution in [0, 0.1) is 13.8 Å². The highest BCUT2D eigenvalue weighted by Crippen LogP contribution is 2.36. The Morgan fingerprint density at radius 1 is 1.24 bits per heavy atom. The number of aryl methyl sites for hydroxylation is 2. The molecule has 2 N–H and O–H groups in total. The largest absolute Gasteiger partial charge is 0.330 e. The molecular weight excluding hydrogens is 208 g/mol. The van der Waals surface area contributed by atoms with Crippen LogP contribution in [0.3, 0.4) is 0 Å². The van der Waals surface area contributed by atoms with E-state index in [1.807, 2.05) is 0 Å². The van der Waals surface area contributed by atoms with Crippen molar-refractivity contribution in [3.63, 3.8) is 0 Å². The molecule has 0 spiro atoms. The number of hydrogen-bond donors (Lipinski definition) is 1. The van der Waals surface area contributed by atoms with Crippen molar-refractivity contribution in [1.82, 2.24) is 4.90 Å². The topological polar surface area (TPSA) is 29.3 Å². The van der Waals surface area contributed by atoms with Crippen molar-refractivity contribution < 1.29 is 0 Å². The molecule has 0 aromatic heterocycles. The Hall–Kier alpha value is -0.860. The summed E-state index contributed by atoms with van der Waals surface area (Å²) < 4.78 is 0. The normalized spacial score (nSPS) is 20.5. The first-order chi connectivity index (χ1) is 8.07. The summed E-state index contributed by atoms with van der Waals surface area (Å²) in [7, 11) is 2.20. The lowest BCUT2D eigenvalue weighted by Gasteiger charge is -2.41. The molecule has 1 aliphatic heterocycles. The van der Waals surface area contributed by atoms with Crippen LogP contribution in [0.15, 0.2) is 18.2 Å². The van der Waals surface area contributed by atoms with E-state index in [-0.39, 0.29) is 5.41 Å². The highest BCUT2D eigenvalue weighted by Gasteiger charge is 2.35. The van der Waals surface area contributed by atoms with Crippen LogP contribution >= 0.6 is 0 Å². The molecule has 0 bridgehead atoms. The third-order valence-electron chi connectivity index (χ3n) is 4.30.